The van der Waals surface area contributed by atoms with Crippen LogP contribution in [0.3, 0.4) is 0 Å². The summed E-state index contributed by atoms with van der Waals surface area (Å²) in [5, 5.41) is 121. The summed E-state index contributed by atoms with van der Waals surface area (Å²) < 4.78 is 34.4. The molecule has 0 aromatic rings. The van der Waals surface area contributed by atoms with Gasteiger partial charge in [-0.2, -0.15) is 0 Å². The Hall–Kier alpha value is -1.99. The van der Waals surface area contributed by atoms with E-state index in [1.165, 1.54) is 167 Å². The number of aliphatic hydroxyl groups is 11. The Kier molecular flexibility index (Phi) is 48.6. The predicted octanol–water partition coefficient (Wildman–Crippen LogP) is 10.00. The van der Waals surface area contributed by atoms with Gasteiger partial charge in [-0.15, -0.1) is 0 Å². The predicted molar refractivity (Wildman–Crippen MR) is 351 cm³/mol. The second kappa shape index (κ2) is 53.2. The largest absolute Gasteiger partial charge is 0.394 e. The van der Waals surface area contributed by atoms with E-state index in [2.05, 4.69) is 55.6 Å². The molecule has 0 spiro atoms. The summed E-state index contributed by atoms with van der Waals surface area (Å²) in [6.07, 6.45) is 35.0. The van der Waals surface area contributed by atoms with Crippen molar-refractivity contribution >= 4 is 5.91 Å². The van der Waals surface area contributed by atoms with Crippen LogP contribution >= 0.6 is 0 Å². The molecule has 19 heteroatoms. The summed E-state index contributed by atoms with van der Waals surface area (Å²) in [4.78, 5) is 13.4. The van der Waals surface area contributed by atoms with Crippen molar-refractivity contribution < 1.29 is 89.4 Å². The highest BCUT2D eigenvalue weighted by Crippen LogP contribution is 2.33. The van der Waals surface area contributed by atoms with Gasteiger partial charge in [0.15, 0.2) is 18.9 Å². The molecule has 0 aromatic carbocycles. The number of hydrogen-bond donors (Lipinski definition) is 12. The molecule has 0 aromatic heterocycles. The number of carbonyl (C=O) groups is 1. The minimum atomic E-state index is -1.97. The fraction of sp³-hybridized carbons (Fsp3) is 0.901. The van der Waals surface area contributed by atoms with Gasteiger partial charge in [-0.05, 0) is 51.4 Å². The SMILES string of the molecule is CCCCCCC/C=C\C/C=C\C/C=C\CCCCCCCCC(=O)NC(COC1OC(CO)C(OC2OC(CO)C(OC3OC(CO)C(O)C(O)C3O)C(O)C2O)C(O)C1O)C(O)CCCCCCCCCCCCCCCCCCCCCCCCCC. The summed E-state index contributed by atoms with van der Waals surface area (Å²) in [6.45, 7) is 1.81. The van der Waals surface area contributed by atoms with E-state index >= 15 is 0 Å². The van der Waals surface area contributed by atoms with Crippen LogP contribution < -0.4 is 5.32 Å². The standard InChI is InChI=1S/C71H131NO18/c1-3-5-7-9-11-13-15-17-19-21-23-25-26-27-29-30-32-34-36-38-40-42-44-46-48-55(76)54(72-59(77)49-47-45-43-41-39-37-35-33-31-28-24-22-20-18-16-14-12-10-8-6-4-2)53-85-69-65(83)62(80)67(57(51-74)87-69)90-71-66(84)63(81)68(58(52-75)88-71)89-70-64(82)61(79)60(78)56(50-73)86-70/h16,18,22,24,31,33,54-58,60-71,73-76,78-84H,3-15,17,19-21,23,25-30,32,34-53H2,1-2H3,(H,72,77)/b18-16-,24-22-,33-31-. The Balaban J connectivity index is 1.43. The number of ether oxygens (including phenoxy) is 6. The van der Waals surface area contributed by atoms with Crippen molar-refractivity contribution in [3.63, 3.8) is 0 Å². The van der Waals surface area contributed by atoms with Gasteiger partial charge >= 0.3 is 0 Å². The molecule has 19 nitrogen and oxygen atoms in total. The molecule has 3 fully saturated rings. The fourth-order valence-electron chi connectivity index (χ4n) is 12.3. The Morgan fingerprint density at radius 1 is 0.400 bits per heavy atom. The van der Waals surface area contributed by atoms with E-state index in [1.807, 2.05) is 0 Å². The molecule has 0 bridgehead atoms. The molecule has 3 aliphatic rings. The van der Waals surface area contributed by atoms with Crippen LogP contribution in [0, 0.1) is 0 Å². The van der Waals surface area contributed by atoms with Crippen LogP contribution in [0.2, 0.25) is 0 Å². The number of amides is 1. The van der Waals surface area contributed by atoms with Crippen molar-refractivity contribution in [1.82, 2.24) is 5.32 Å². The van der Waals surface area contributed by atoms with E-state index in [9.17, 15) is 61.0 Å². The van der Waals surface area contributed by atoms with Crippen molar-refractivity contribution in [2.45, 2.75) is 381 Å². The molecule has 1 amide bonds. The summed E-state index contributed by atoms with van der Waals surface area (Å²) >= 11 is 0. The Labute approximate surface area is 542 Å². The summed E-state index contributed by atoms with van der Waals surface area (Å²) in [5.41, 5.74) is 0. The molecule has 0 saturated carbocycles. The Morgan fingerprint density at radius 3 is 1.14 bits per heavy atom. The van der Waals surface area contributed by atoms with Crippen LogP contribution in [0.25, 0.3) is 0 Å². The lowest BCUT2D eigenvalue weighted by Gasteiger charge is -2.48. The number of aliphatic hydroxyl groups excluding tert-OH is 11. The second-order valence-electron chi connectivity index (χ2n) is 26.1. The normalized spacial score (nSPS) is 28.2. The molecule has 17 unspecified atom stereocenters. The number of allylic oxidation sites excluding steroid dienone is 6. The average Bonchev–Trinajstić information content (AvgIpc) is 0.853. The first kappa shape index (κ1) is 82.2. The molecule has 12 N–H and O–H groups in total. The molecule has 90 heavy (non-hydrogen) atoms. The lowest BCUT2D eigenvalue weighted by atomic mass is 9.96. The molecular formula is C71H131NO18. The fourth-order valence-corrected chi connectivity index (χ4v) is 12.3. The second-order valence-corrected chi connectivity index (χ2v) is 26.1. The number of hydrogen-bond acceptors (Lipinski definition) is 18. The number of unbranched alkanes of at least 4 members (excludes halogenated alkanes) is 34. The van der Waals surface area contributed by atoms with Crippen LogP contribution in [0.4, 0.5) is 0 Å². The van der Waals surface area contributed by atoms with E-state index in [4.69, 9.17) is 28.4 Å². The zero-order valence-electron chi connectivity index (χ0n) is 55.9. The lowest BCUT2D eigenvalue weighted by molar-refractivity contribution is -0.379. The van der Waals surface area contributed by atoms with Gasteiger partial charge in [-0.25, -0.2) is 0 Å². The highest BCUT2D eigenvalue weighted by atomic mass is 16.8. The van der Waals surface area contributed by atoms with Gasteiger partial charge in [0.1, 0.15) is 73.2 Å². The Bertz CT molecular complexity index is 1780. The zero-order chi connectivity index (χ0) is 65.4. The van der Waals surface area contributed by atoms with Crippen molar-refractivity contribution in [3.8, 4) is 0 Å². The highest BCUT2D eigenvalue weighted by Gasteiger charge is 2.53. The van der Waals surface area contributed by atoms with Gasteiger partial charge in [-0.3, -0.25) is 4.79 Å². The maximum absolute atomic E-state index is 13.4. The van der Waals surface area contributed by atoms with Gasteiger partial charge < -0.3 is 89.9 Å². The molecule has 0 aliphatic carbocycles. The summed E-state index contributed by atoms with van der Waals surface area (Å²) in [7, 11) is 0. The topological polar surface area (TPSA) is 307 Å². The average molecular weight is 1290 g/mol. The molecule has 3 saturated heterocycles. The quantitative estimate of drug-likeness (QED) is 0.0199. The van der Waals surface area contributed by atoms with E-state index in [-0.39, 0.29) is 18.9 Å². The highest BCUT2D eigenvalue weighted by molar-refractivity contribution is 5.76. The van der Waals surface area contributed by atoms with Gasteiger partial charge in [-0.1, -0.05) is 256 Å². The smallest absolute Gasteiger partial charge is 0.220 e. The number of nitrogens with one attached hydrogen (secondary N) is 1. The van der Waals surface area contributed by atoms with Gasteiger partial charge in [0.2, 0.25) is 5.91 Å². The van der Waals surface area contributed by atoms with Gasteiger partial charge in [0, 0.05) is 6.42 Å². The first-order valence-corrected chi connectivity index (χ1v) is 36.2. The van der Waals surface area contributed by atoms with Crippen LogP contribution in [0.5, 0.6) is 0 Å². The van der Waals surface area contributed by atoms with Crippen molar-refractivity contribution in [3.05, 3.63) is 36.5 Å². The van der Waals surface area contributed by atoms with E-state index < -0.39 is 124 Å². The zero-order valence-corrected chi connectivity index (χ0v) is 55.9. The molecule has 17 atom stereocenters. The molecule has 3 rings (SSSR count). The lowest BCUT2D eigenvalue weighted by Crippen LogP contribution is -2.66. The van der Waals surface area contributed by atoms with Crippen molar-refractivity contribution in [2.24, 2.45) is 0 Å². The summed E-state index contributed by atoms with van der Waals surface area (Å²) in [5.74, 6) is -0.252. The molecule has 528 valence electrons. The molecule has 0 radical (unpaired) electrons. The molecule has 3 heterocycles. The van der Waals surface area contributed by atoms with Crippen molar-refractivity contribution in [1.29, 1.82) is 0 Å². The Morgan fingerprint density at radius 2 is 0.733 bits per heavy atom. The first-order valence-electron chi connectivity index (χ1n) is 36.2. The van der Waals surface area contributed by atoms with Crippen LogP contribution in [0.15, 0.2) is 36.5 Å². The maximum Gasteiger partial charge on any atom is 0.220 e. The molecule has 3 aliphatic heterocycles. The number of carbonyl (C=O) groups excluding carboxylic acids is 1. The van der Waals surface area contributed by atoms with E-state index in [0.717, 1.165) is 77.0 Å². The maximum atomic E-state index is 13.4. The van der Waals surface area contributed by atoms with Gasteiger partial charge in [0.25, 0.3) is 0 Å². The van der Waals surface area contributed by atoms with Gasteiger partial charge in [0.05, 0.1) is 38.6 Å². The van der Waals surface area contributed by atoms with E-state index in [0.29, 0.717) is 12.8 Å². The first-order chi connectivity index (χ1) is 43.8. The minimum absolute atomic E-state index is 0.252. The number of rotatable bonds is 56. The monoisotopic (exact) mass is 1290 g/mol. The van der Waals surface area contributed by atoms with Crippen LogP contribution in [0.1, 0.15) is 277 Å². The third-order valence-corrected chi connectivity index (χ3v) is 18.2. The van der Waals surface area contributed by atoms with Crippen LogP contribution in [-0.2, 0) is 33.2 Å². The van der Waals surface area contributed by atoms with Crippen LogP contribution in [-0.4, -0.2) is 193 Å². The third-order valence-electron chi connectivity index (χ3n) is 18.2. The third kappa shape index (κ3) is 34.6. The minimum Gasteiger partial charge on any atom is -0.394 e. The molecular weight excluding hydrogens is 1150 g/mol. The summed E-state index contributed by atoms with van der Waals surface area (Å²) in [6, 6.07) is -0.896. The van der Waals surface area contributed by atoms with E-state index in [1.54, 1.807) is 0 Å². The van der Waals surface area contributed by atoms with Crippen molar-refractivity contribution in [2.75, 3.05) is 26.4 Å².